The number of aliphatic hydroxyl groups excluding tert-OH is 1. The van der Waals surface area contributed by atoms with Gasteiger partial charge in [0.1, 0.15) is 5.58 Å². The molecule has 0 bridgehead atoms. The molecule has 2 heterocycles. The molecule has 0 saturated heterocycles. The van der Waals surface area contributed by atoms with E-state index in [1.807, 2.05) is 30.5 Å². The third-order valence-electron chi connectivity index (χ3n) is 4.63. The van der Waals surface area contributed by atoms with Crippen LogP contribution >= 0.6 is 0 Å². The maximum Gasteiger partial charge on any atom is 0.155 e. The van der Waals surface area contributed by atoms with Crippen LogP contribution < -0.4 is 5.19 Å². The molecule has 0 saturated carbocycles. The van der Waals surface area contributed by atoms with Crippen molar-refractivity contribution in [2.45, 2.75) is 33.5 Å². The normalized spacial score (nSPS) is 11.6. The van der Waals surface area contributed by atoms with Crippen molar-refractivity contribution in [3.8, 4) is 11.3 Å². The van der Waals surface area contributed by atoms with E-state index in [-0.39, 0.29) is 31.6 Å². The van der Waals surface area contributed by atoms with Gasteiger partial charge < -0.3 is 14.5 Å². The van der Waals surface area contributed by atoms with Crippen molar-refractivity contribution < 1.29 is 34.4 Å². The number of pyridine rings is 1. The van der Waals surface area contributed by atoms with Gasteiger partial charge in [-0.25, -0.2) is 0 Å². The molecule has 0 aliphatic carbocycles. The van der Waals surface area contributed by atoms with Gasteiger partial charge in [-0.05, 0) is 30.8 Å². The van der Waals surface area contributed by atoms with Crippen molar-refractivity contribution in [2.75, 3.05) is 0 Å². The zero-order valence-electron chi connectivity index (χ0n) is 18.3. The van der Waals surface area contributed by atoms with Crippen LogP contribution in [0.3, 0.4) is 0 Å². The van der Waals surface area contributed by atoms with Crippen LogP contribution in [0.4, 0.5) is 0 Å². The van der Waals surface area contributed by atoms with Gasteiger partial charge in [0.25, 0.3) is 0 Å². The summed E-state index contributed by atoms with van der Waals surface area (Å²) in [5.41, 5.74) is 3.74. The van der Waals surface area contributed by atoms with Crippen LogP contribution in [0.1, 0.15) is 13.8 Å². The van der Waals surface area contributed by atoms with Crippen molar-refractivity contribution >= 4 is 41.0 Å². The van der Waals surface area contributed by atoms with E-state index in [4.69, 9.17) is 9.52 Å². The van der Waals surface area contributed by atoms with Crippen molar-refractivity contribution in [1.29, 1.82) is 0 Å². The van der Waals surface area contributed by atoms with Gasteiger partial charge in [-0.2, -0.15) is 0 Å². The van der Waals surface area contributed by atoms with Gasteiger partial charge in [-0.15, -0.1) is 23.8 Å². The molecule has 4 nitrogen and oxygen atoms in total. The first-order valence-electron chi connectivity index (χ1n) is 9.83. The van der Waals surface area contributed by atoms with Crippen LogP contribution in [0.25, 0.3) is 33.2 Å². The Kier molecular flexibility index (Phi) is 8.12. The van der Waals surface area contributed by atoms with Crippen LogP contribution in [-0.4, -0.2) is 23.9 Å². The predicted octanol–water partition coefficient (Wildman–Crippen LogP) is 6.03. The summed E-state index contributed by atoms with van der Waals surface area (Å²) in [5.74, 6) is -0.0625. The molecule has 163 valence electrons. The molecule has 1 N–H and O–H groups in total. The van der Waals surface area contributed by atoms with E-state index < -0.39 is 8.07 Å². The zero-order chi connectivity index (χ0) is 21.9. The fourth-order valence-corrected chi connectivity index (χ4v) is 4.14. The van der Waals surface area contributed by atoms with E-state index >= 15 is 0 Å². The monoisotopic (exact) mass is 609 g/mol. The molecule has 1 radical (unpaired) electrons. The molecule has 0 unspecified atom stereocenters. The summed E-state index contributed by atoms with van der Waals surface area (Å²) in [4.78, 5) is 14.7. The first-order valence-corrected chi connectivity index (χ1v) is 13.3. The second-order valence-corrected chi connectivity index (χ2v) is 13.4. The maximum atomic E-state index is 10.0. The van der Waals surface area contributed by atoms with E-state index in [1.165, 1.54) is 25.1 Å². The van der Waals surface area contributed by atoms with Gasteiger partial charge in [0, 0.05) is 37.8 Å². The number of allylic oxidation sites excluding steroid dienone is 2. The van der Waals surface area contributed by atoms with Gasteiger partial charge in [0.05, 0.1) is 19.4 Å². The van der Waals surface area contributed by atoms with E-state index in [1.54, 1.807) is 0 Å². The Balaban J connectivity index is 0.000000373. The van der Waals surface area contributed by atoms with Crippen LogP contribution in [-0.2, 0) is 24.9 Å². The average Bonchev–Trinajstić information content (AvgIpc) is 3.05. The molecule has 0 aliphatic rings. The smallest absolute Gasteiger partial charge is 0.155 e. The molecule has 0 atom stereocenters. The van der Waals surface area contributed by atoms with Crippen molar-refractivity contribution in [3.63, 3.8) is 0 Å². The number of para-hydroxylation sites is 1. The van der Waals surface area contributed by atoms with Crippen molar-refractivity contribution in [2.24, 2.45) is 0 Å². The molecule has 4 aromatic rings. The topological polar surface area (TPSA) is 63.3 Å². The quantitative estimate of drug-likeness (QED) is 0.134. The Labute approximate surface area is 197 Å². The zero-order valence-corrected chi connectivity index (χ0v) is 21.7. The number of carbonyl (C=O) groups is 1. The molecule has 6 heteroatoms. The molecule has 4 rings (SSSR count). The Morgan fingerprint density at radius 2 is 1.77 bits per heavy atom. The number of aliphatic hydroxyl groups is 1. The first kappa shape index (κ1) is 24.7. The molecule has 0 amide bonds. The Morgan fingerprint density at radius 1 is 1.06 bits per heavy atom. The number of hydrogen-bond donors (Lipinski definition) is 1. The molecular weight excluding hydrogens is 583 g/mol. The molecule has 2 aromatic carbocycles. The predicted molar refractivity (Wildman–Crippen MR) is 126 cm³/mol. The average molecular weight is 609 g/mol. The number of benzene rings is 2. The van der Waals surface area contributed by atoms with Crippen molar-refractivity contribution in [1.82, 2.24) is 4.98 Å². The summed E-state index contributed by atoms with van der Waals surface area (Å²) in [7, 11) is -1.31. The molecule has 2 aromatic heterocycles. The first-order chi connectivity index (χ1) is 14.1. The maximum absolute atomic E-state index is 10.0. The fraction of sp³-hybridized carbons (Fsp3) is 0.200. The molecule has 0 fully saturated rings. The van der Waals surface area contributed by atoms with Gasteiger partial charge in [-0.1, -0.05) is 55.4 Å². The minimum absolute atomic E-state index is 0. The van der Waals surface area contributed by atoms with Gasteiger partial charge in [-0.3, -0.25) is 4.79 Å². The third-order valence-corrected chi connectivity index (χ3v) is 6.66. The van der Waals surface area contributed by atoms with E-state index in [9.17, 15) is 4.79 Å². The summed E-state index contributed by atoms with van der Waals surface area (Å²) in [5, 5.41) is 12.0. The minimum Gasteiger partial charge on any atom is -0.512 e. The minimum atomic E-state index is -1.31. The summed E-state index contributed by atoms with van der Waals surface area (Å²) in [6.45, 7) is 9.85. The Morgan fingerprint density at radius 3 is 2.32 bits per heavy atom. The van der Waals surface area contributed by atoms with Crippen LogP contribution in [0.5, 0.6) is 0 Å². The van der Waals surface area contributed by atoms with E-state index in [0.29, 0.717) is 0 Å². The largest absolute Gasteiger partial charge is 0.512 e. The number of aromatic nitrogens is 1. The van der Waals surface area contributed by atoms with Crippen molar-refractivity contribution in [3.05, 3.63) is 72.6 Å². The van der Waals surface area contributed by atoms with Crippen LogP contribution in [0.2, 0.25) is 19.6 Å². The third kappa shape index (κ3) is 6.23. The number of carbonyl (C=O) groups excluding carboxylic acids is 1. The second-order valence-electron chi connectivity index (χ2n) is 8.30. The Hall–Kier alpha value is -2.53. The number of rotatable bonds is 3. The van der Waals surface area contributed by atoms with Crippen LogP contribution in [0.15, 0.2) is 71.0 Å². The summed E-state index contributed by atoms with van der Waals surface area (Å²) in [6, 6.07) is 19.8. The number of hydrogen-bond acceptors (Lipinski definition) is 4. The summed E-state index contributed by atoms with van der Waals surface area (Å²) in [6.07, 6.45) is 3.19. The van der Waals surface area contributed by atoms with Gasteiger partial charge in [0.15, 0.2) is 5.78 Å². The van der Waals surface area contributed by atoms with Gasteiger partial charge >= 0.3 is 0 Å². The standard InChI is InChI=1S/C20H18NOSi.C5H8O2.Ir/c1-23(2,3)15-9-10-18(21-13-15)14-8-11-20-17(12-14)16-6-4-5-7-19(16)22-20;1-4(6)3-5(2)7;/h4-7,9-13H,1-3H3;3,6H,1-2H3;/q-1;;. The second kappa shape index (κ2) is 10.2. The number of nitrogens with zero attached hydrogens (tertiary/aromatic N) is 1. The molecular formula is C25H26IrNO3Si-. The molecule has 31 heavy (non-hydrogen) atoms. The van der Waals surface area contributed by atoms with E-state index in [2.05, 4.69) is 55.0 Å². The summed E-state index contributed by atoms with van der Waals surface area (Å²) < 4.78 is 5.86. The fourth-order valence-electron chi connectivity index (χ4n) is 3.11. The Bertz CT molecular complexity index is 1220. The van der Waals surface area contributed by atoms with E-state index in [0.717, 1.165) is 33.2 Å². The summed E-state index contributed by atoms with van der Waals surface area (Å²) >= 11 is 0. The number of fused-ring (bicyclic) bond motifs is 3. The molecule has 0 aliphatic heterocycles. The van der Waals surface area contributed by atoms with Gasteiger partial charge in [0.2, 0.25) is 0 Å². The SMILES string of the molecule is CC(=O)C=C(C)O.C[Si](C)(C)c1ccc(-c2[c-]cc3oc4ccccc4c3c2)nc1.[Ir]. The number of furan rings is 1. The number of ketones is 1. The molecule has 0 spiro atoms. The van der Waals surface area contributed by atoms with Crippen LogP contribution in [0, 0.1) is 6.07 Å².